The van der Waals surface area contributed by atoms with Crippen LogP contribution in [0.25, 0.3) is 0 Å². The van der Waals surface area contributed by atoms with Crippen molar-refractivity contribution < 1.29 is 0 Å². The molecule has 2 heteroatoms. The topological polar surface area (TPSA) is 15.3 Å². The van der Waals surface area contributed by atoms with Gasteiger partial charge < -0.3 is 5.32 Å². The van der Waals surface area contributed by atoms with Gasteiger partial charge in [0.1, 0.15) is 0 Å². The first kappa shape index (κ1) is 10.1. The minimum Gasteiger partial charge on any atom is -0.311 e. The molecule has 0 aliphatic carbocycles. The van der Waals surface area contributed by atoms with Crippen LogP contribution in [0.3, 0.4) is 0 Å². The molecule has 3 atom stereocenters. The monoisotopic (exact) mass is 228 g/mol. The molecule has 0 amide bonds. The van der Waals surface area contributed by atoms with Crippen LogP contribution in [0.1, 0.15) is 24.3 Å². The Balaban J connectivity index is 1.67. The van der Waals surface area contributed by atoms with E-state index in [9.17, 15) is 0 Å². The molecule has 0 saturated carbocycles. The molecule has 4 saturated heterocycles. The zero-order chi connectivity index (χ0) is 11.2. The van der Waals surface area contributed by atoms with E-state index in [2.05, 4.69) is 40.5 Å². The number of nitrogens with zero attached hydrogens (tertiary/aromatic N) is 1. The van der Waals surface area contributed by atoms with E-state index in [1.54, 1.807) is 0 Å². The number of hydrogen-bond donors (Lipinski definition) is 1. The molecule has 1 N–H and O–H groups in total. The predicted octanol–water partition coefficient (Wildman–Crippen LogP) is 1.84. The van der Waals surface area contributed by atoms with Crippen molar-refractivity contribution in [3.8, 4) is 0 Å². The Kier molecular flexibility index (Phi) is 2.27. The molecule has 4 heterocycles. The van der Waals surface area contributed by atoms with Gasteiger partial charge in [-0.1, -0.05) is 30.3 Å². The Morgan fingerprint density at radius 2 is 1.82 bits per heavy atom. The highest BCUT2D eigenvalue weighted by Crippen LogP contribution is 2.42. The minimum absolute atomic E-state index is 0.712. The first-order valence-electron chi connectivity index (χ1n) is 6.96. The fourth-order valence-electron chi connectivity index (χ4n) is 4.27. The lowest BCUT2D eigenvalue weighted by Crippen LogP contribution is -2.59. The van der Waals surface area contributed by atoms with Crippen molar-refractivity contribution in [2.75, 3.05) is 19.6 Å². The van der Waals surface area contributed by atoms with Crippen LogP contribution in [-0.2, 0) is 0 Å². The Labute approximate surface area is 103 Å². The molecule has 5 rings (SSSR count). The summed E-state index contributed by atoms with van der Waals surface area (Å²) in [6.45, 7) is 3.83. The molecular weight excluding hydrogens is 208 g/mol. The Hall–Kier alpha value is -0.860. The number of fused-ring (bicyclic) bond motifs is 2. The summed E-state index contributed by atoms with van der Waals surface area (Å²) >= 11 is 0. The van der Waals surface area contributed by atoms with Gasteiger partial charge in [-0.3, -0.25) is 4.90 Å². The summed E-state index contributed by atoms with van der Waals surface area (Å²) in [6, 6.07) is 12.6. The zero-order valence-electron chi connectivity index (χ0n) is 10.2. The van der Waals surface area contributed by atoms with Gasteiger partial charge in [-0.15, -0.1) is 0 Å². The van der Waals surface area contributed by atoms with Gasteiger partial charge in [-0.05, 0) is 37.4 Å². The molecule has 1 aromatic rings. The maximum absolute atomic E-state index is 3.80. The Morgan fingerprint density at radius 3 is 2.59 bits per heavy atom. The van der Waals surface area contributed by atoms with E-state index >= 15 is 0 Å². The maximum atomic E-state index is 3.80. The highest BCUT2D eigenvalue weighted by Gasteiger charge is 2.49. The quantitative estimate of drug-likeness (QED) is 0.789. The van der Waals surface area contributed by atoms with Crippen LogP contribution < -0.4 is 5.32 Å². The summed E-state index contributed by atoms with van der Waals surface area (Å²) in [5.74, 6) is 1.66. The molecule has 17 heavy (non-hydrogen) atoms. The molecule has 4 aliphatic heterocycles. The van der Waals surface area contributed by atoms with E-state index in [-0.39, 0.29) is 0 Å². The smallest absolute Gasteiger partial charge is 0.0332 e. The van der Waals surface area contributed by atoms with Crippen LogP contribution in [0.5, 0.6) is 0 Å². The van der Waals surface area contributed by atoms with Gasteiger partial charge in [0.15, 0.2) is 0 Å². The average molecular weight is 228 g/mol. The van der Waals surface area contributed by atoms with Crippen molar-refractivity contribution in [1.82, 2.24) is 10.2 Å². The van der Waals surface area contributed by atoms with E-state index in [0.717, 1.165) is 18.0 Å². The lowest BCUT2D eigenvalue weighted by molar-refractivity contribution is 0.0295. The summed E-state index contributed by atoms with van der Waals surface area (Å²) < 4.78 is 0. The van der Waals surface area contributed by atoms with Crippen molar-refractivity contribution in [1.29, 1.82) is 0 Å². The summed E-state index contributed by atoms with van der Waals surface area (Å²) in [5.41, 5.74) is 1.53. The largest absolute Gasteiger partial charge is 0.311 e. The Bertz CT molecular complexity index is 395. The molecule has 2 bridgehead atoms. The number of hydrogen-bond acceptors (Lipinski definition) is 2. The molecule has 0 unspecified atom stereocenters. The van der Waals surface area contributed by atoms with Gasteiger partial charge in [0.25, 0.3) is 0 Å². The molecule has 0 radical (unpaired) electrons. The van der Waals surface area contributed by atoms with E-state index in [1.165, 1.54) is 38.0 Å². The standard InChI is InChI=1S/C15H20N2/c1-2-4-11(5-3-1)13-10-16-14-12-6-8-17(9-7-12)15(13)14/h1-5,12-16H,6-10H2/t13-,14-,15-/m0/s1. The predicted molar refractivity (Wildman–Crippen MR) is 69.1 cm³/mol. The van der Waals surface area contributed by atoms with Crippen LogP contribution in [0.15, 0.2) is 30.3 Å². The van der Waals surface area contributed by atoms with Gasteiger partial charge in [0, 0.05) is 24.5 Å². The van der Waals surface area contributed by atoms with Crippen molar-refractivity contribution >= 4 is 0 Å². The van der Waals surface area contributed by atoms with Crippen LogP contribution in [0.2, 0.25) is 0 Å². The van der Waals surface area contributed by atoms with Crippen molar-refractivity contribution in [2.24, 2.45) is 5.92 Å². The van der Waals surface area contributed by atoms with E-state index < -0.39 is 0 Å². The second kappa shape index (κ2) is 3.82. The van der Waals surface area contributed by atoms with Gasteiger partial charge >= 0.3 is 0 Å². The molecule has 1 aromatic carbocycles. The van der Waals surface area contributed by atoms with Crippen LogP contribution >= 0.6 is 0 Å². The molecular formula is C15H20N2. The number of nitrogens with one attached hydrogen (secondary N) is 1. The lowest BCUT2D eigenvalue weighted by Gasteiger charge is -2.49. The summed E-state index contributed by atoms with van der Waals surface area (Å²) in [6.07, 6.45) is 2.82. The van der Waals surface area contributed by atoms with Gasteiger partial charge in [-0.2, -0.15) is 0 Å². The lowest BCUT2D eigenvalue weighted by atomic mass is 9.75. The second-order valence-electron chi connectivity index (χ2n) is 5.82. The average Bonchev–Trinajstić information content (AvgIpc) is 2.88. The van der Waals surface area contributed by atoms with Crippen LogP contribution in [0.4, 0.5) is 0 Å². The normalized spacial score (nSPS) is 43.6. The SMILES string of the molecule is c1ccc([C@@H]2CN[C@H]3C4CCN(CC4)[C@@H]23)cc1. The van der Waals surface area contributed by atoms with Gasteiger partial charge in [0.05, 0.1) is 0 Å². The van der Waals surface area contributed by atoms with Crippen molar-refractivity contribution in [3.63, 3.8) is 0 Å². The first-order valence-corrected chi connectivity index (χ1v) is 6.96. The fourth-order valence-corrected chi connectivity index (χ4v) is 4.27. The summed E-state index contributed by atoms with van der Waals surface area (Å²) in [5, 5.41) is 3.80. The number of piperidine rings is 3. The van der Waals surface area contributed by atoms with Crippen LogP contribution in [-0.4, -0.2) is 36.6 Å². The maximum Gasteiger partial charge on any atom is 0.0332 e. The van der Waals surface area contributed by atoms with Gasteiger partial charge in [-0.25, -0.2) is 0 Å². The highest BCUT2D eigenvalue weighted by molar-refractivity contribution is 5.26. The molecule has 0 aromatic heterocycles. The van der Waals surface area contributed by atoms with E-state index in [0.29, 0.717) is 5.92 Å². The second-order valence-corrected chi connectivity index (χ2v) is 5.82. The van der Waals surface area contributed by atoms with Crippen molar-refractivity contribution in [3.05, 3.63) is 35.9 Å². The van der Waals surface area contributed by atoms with Crippen molar-refractivity contribution in [2.45, 2.75) is 30.8 Å². The first-order chi connectivity index (χ1) is 8.43. The fraction of sp³-hybridized carbons (Fsp3) is 0.600. The number of benzene rings is 1. The molecule has 4 aliphatic rings. The number of rotatable bonds is 1. The zero-order valence-corrected chi connectivity index (χ0v) is 10.2. The summed E-state index contributed by atoms with van der Waals surface area (Å²) in [4.78, 5) is 2.74. The highest BCUT2D eigenvalue weighted by atomic mass is 15.3. The molecule has 2 nitrogen and oxygen atoms in total. The van der Waals surface area contributed by atoms with Gasteiger partial charge in [0.2, 0.25) is 0 Å². The third kappa shape index (κ3) is 1.47. The van der Waals surface area contributed by atoms with Crippen LogP contribution in [0, 0.1) is 5.92 Å². The third-order valence-corrected chi connectivity index (χ3v) is 5.09. The Morgan fingerprint density at radius 1 is 1.06 bits per heavy atom. The molecule has 4 fully saturated rings. The van der Waals surface area contributed by atoms with E-state index in [1.807, 2.05) is 0 Å². The third-order valence-electron chi connectivity index (χ3n) is 5.09. The molecule has 90 valence electrons. The van der Waals surface area contributed by atoms with E-state index in [4.69, 9.17) is 0 Å². The molecule has 0 spiro atoms. The summed E-state index contributed by atoms with van der Waals surface area (Å²) in [7, 11) is 0. The minimum atomic E-state index is 0.712.